The summed E-state index contributed by atoms with van der Waals surface area (Å²) in [5.74, 6) is -0.854. The first-order valence-electron chi connectivity index (χ1n) is 5.62. The zero-order valence-corrected chi connectivity index (χ0v) is 15.1. The quantitative estimate of drug-likeness (QED) is 0.549. The topological polar surface area (TPSA) is 37.3 Å². The van der Waals surface area contributed by atoms with E-state index in [2.05, 4.69) is 0 Å². The van der Waals surface area contributed by atoms with Crippen molar-refractivity contribution < 1.29 is 61.7 Å². The van der Waals surface area contributed by atoms with Gasteiger partial charge in [-0.3, -0.25) is 0 Å². The average molecular weight is 421 g/mol. The van der Waals surface area contributed by atoms with E-state index in [-0.39, 0.29) is 0 Å². The summed E-state index contributed by atoms with van der Waals surface area (Å²) in [5.41, 5.74) is 0.369. The van der Waals surface area contributed by atoms with Crippen LogP contribution in [0.5, 0.6) is 0 Å². The summed E-state index contributed by atoms with van der Waals surface area (Å²) >= 11 is 0.643. The summed E-state index contributed by atoms with van der Waals surface area (Å²) in [6.07, 6.45) is 0. The Balaban J connectivity index is -0.000000279. The molecule has 0 unspecified atom stereocenters. The fourth-order valence-corrected chi connectivity index (χ4v) is 1.22. The van der Waals surface area contributed by atoms with Crippen LogP contribution >= 0.6 is 0 Å². The van der Waals surface area contributed by atoms with Gasteiger partial charge in [0.15, 0.2) is 0 Å². The van der Waals surface area contributed by atoms with Gasteiger partial charge in [-0.2, -0.15) is 0 Å². The maximum atomic E-state index is 10.3. The van der Waals surface area contributed by atoms with E-state index in [9.17, 15) is 56.6 Å². The minimum atomic E-state index is -6.00. The van der Waals surface area contributed by atoms with Crippen molar-refractivity contribution in [3.8, 4) is 0 Å². The Kier molecular flexibility index (Phi) is 15.2. The number of carbonyl (C=O) groups is 1. The molecule has 0 aliphatic carbocycles. The number of carboxylic acid groups (broad SMARTS) is 1. The third-order valence-corrected chi connectivity index (χ3v) is 2.34. The van der Waals surface area contributed by atoms with E-state index in [0.717, 1.165) is 0 Å². The fourth-order valence-electron chi connectivity index (χ4n) is 0.696. The summed E-state index contributed by atoms with van der Waals surface area (Å²) in [5, 5.41) is 8.49. The van der Waals surface area contributed by atoms with Crippen molar-refractivity contribution in [1.29, 1.82) is 0 Å². The van der Waals surface area contributed by atoms with Crippen molar-refractivity contribution in [2.75, 3.05) is 0 Å². The number of benzene rings is 1. The third kappa shape index (κ3) is 59.5. The van der Waals surface area contributed by atoms with Gasteiger partial charge >= 0.3 is 116 Å². The Bertz CT molecular complexity index is 439. The summed E-state index contributed by atoms with van der Waals surface area (Å²) in [6.45, 7) is 0. The van der Waals surface area contributed by atoms with E-state index in [4.69, 9.17) is 5.11 Å². The molecule has 1 N–H and O–H groups in total. The fraction of sp³-hybridized carbons (Fsp3) is 0. The van der Waals surface area contributed by atoms with E-state index >= 15 is 0 Å². The molecular formula is C7H5B3F12KO2-3. The predicted octanol–water partition coefficient (Wildman–Crippen LogP) is 4.08. The van der Waals surface area contributed by atoms with Crippen LogP contribution in [0.1, 0.15) is 10.4 Å². The van der Waals surface area contributed by atoms with Crippen molar-refractivity contribution in [2.45, 2.75) is 0 Å². The van der Waals surface area contributed by atoms with Crippen LogP contribution < -0.4 is -0.342 Å². The molecule has 0 aromatic heterocycles. The van der Waals surface area contributed by atoms with Crippen LogP contribution in [0.4, 0.5) is 51.8 Å². The third-order valence-electron chi connectivity index (χ3n) is 1.30. The van der Waals surface area contributed by atoms with E-state index in [1.807, 2.05) is 12.1 Å². The maximum absolute atomic E-state index is 10.3. The van der Waals surface area contributed by atoms with Gasteiger partial charge in [0.25, 0.3) is 0 Å². The monoisotopic (exact) mass is 421 g/mol. The number of halogens is 12. The van der Waals surface area contributed by atoms with E-state index in [0.29, 0.717) is 54.5 Å². The van der Waals surface area contributed by atoms with Gasteiger partial charge in [-0.25, -0.2) is 0 Å². The van der Waals surface area contributed by atoms with E-state index in [1.54, 1.807) is 12.1 Å². The molecule has 0 heterocycles. The summed E-state index contributed by atoms with van der Waals surface area (Å²) in [4.78, 5) is 10.3. The molecule has 0 saturated heterocycles. The van der Waals surface area contributed by atoms with Crippen LogP contribution in [-0.4, -0.2) is 81.8 Å². The van der Waals surface area contributed by atoms with Crippen molar-refractivity contribution in [1.82, 2.24) is 0 Å². The van der Waals surface area contributed by atoms with Crippen molar-refractivity contribution >= 4 is 76.3 Å². The van der Waals surface area contributed by atoms with Gasteiger partial charge in [0.1, 0.15) is 0 Å². The van der Waals surface area contributed by atoms with Crippen LogP contribution in [0.25, 0.3) is 0 Å². The molecule has 0 fully saturated rings. The molecule has 2 nitrogen and oxygen atoms in total. The first kappa shape index (κ1) is 29.4. The minimum absolute atomic E-state index is 0.369. The SMILES string of the molecule is F[B-](F)(F)F.F[B-](F)(F)F.F[B-](F)(F)F.O=C(O)c1cc[c]([K])cc1. The van der Waals surface area contributed by atoms with Gasteiger partial charge in [0, 0.05) is 0 Å². The van der Waals surface area contributed by atoms with Gasteiger partial charge in [-0.1, -0.05) is 0 Å². The molecule has 142 valence electrons. The predicted molar refractivity (Wildman–Crippen MR) is 69.3 cm³/mol. The van der Waals surface area contributed by atoms with Crippen molar-refractivity contribution in [2.24, 2.45) is 0 Å². The first-order chi connectivity index (χ1) is 10.7. The molecular weight excluding hydrogens is 416 g/mol. The molecule has 1 aromatic rings. The number of hydrogen-bond acceptors (Lipinski definition) is 1. The molecule has 0 amide bonds. The molecule has 1 aromatic carbocycles. The summed E-state index contributed by atoms with van der Waals surface area (Å²) < 4.78 is 118. The number of aromatic carboxylic acids is 1. The average Bonchev–Trinajstić information content (AvgIpc) is 2.22. The Morgan fingerprint density at radius 2 is 0.880 bits per heavy atom. The Morgan fingerprint density at radius 1 is 0.680 bits per heavy atom. The molecule has 25 heavy (non-hydrogen) atoms. The normalized spacial score (nSPS) is 11.0. The van der Waals surface area contributed by atoms with Crippen LogP contribution in [-0.2, 0) is 0 Å². The second kappa shape index (κ2) is 12.9. The summed E-state index contributed by atoms with van der Waals surface area (Å²) in [6, 6.07) is 7.01. The standard InChI is InChI=1S/C7H5O2.3BF4.K/c8-7(9)6-4-2-1-3-5-6;3*2-1(3,4)5;/h2-5H,(H,8,9);;;;/q;3*-1;. The van der Waals surface area contributed by atoms with Crippen molar-refractivity contribution in [3.05, 3.63) is 29.8 Å². The summed E-state index contributed by atoms with van der Waals surface area (Å²) in [7, 11) is -18.0. The van der Waals surface area contributed by atoms with Crippen LogP contribution in [0.2, 0.25) is 0 Å². The van der Waals surface area contributed by atoms with E-state index < -0.39 is 27.7 Å². The molecule has 0 spiro atoms. The van der Waals surface area contributed by atoms with Gasteiger partial charge in [0.05, 0.1) is 0 Å². The van der Waals surface area contributed by atoms with Gasteiger partial charge in [-0.15, -0.1) is 0 Å². The first-order valence-corrected chi connectivity index (χ1v) is 7.18. The Morgan fingerprint density at radius 3 is 1.04 bits per heavy atom. The second-order valence-electron chi connectivity index (χ2n) is 3.66. The second-order valence-corrected chi connectivity index (χ2v) is 5.46. The van der Waals surface area contributed by atoms with Gasteiger partial charge in [-0.05, 0) is 0 Å². The van der Waals surface area contributed by atoms with Crippen LogP contribution in [0.3, 0.4) is 0 Å². The number of rotatable bonds is 1. The number of hydrogen-bond donors (Lipinski definition) is 1. The zero-order valence-electron chi connectivity index (χ0n) is 11.9. The molecule has 0 aliphatic rings. The Labute approximate surface area is 166 Å². The molecule has 0 bridgehead atoms. The number of carboxylic acids is 1. The van der Waals surface area contributed by atoms with Crippen molar-refractivity contribution in [3.63, 3.8) is 0 Å². The molecule has 0 aliphatic heterocycles. The molecule has 0 radical (unpaired) electrons. The van der Waals surface area contributed by atoms with Crippen LogP contribution in [0.15, 0.2) is 24.3 Å². The van der Waals surface area contributed by atoms with E-state index in [1.165, 1.54) is -0.342 Å². The Hall–Kier alpha value is -0.319. The molecule has 18 heteroatoms. The zero-order chi connectivity index (χ0) is 21.1. The molecule has 0 atom stereocenters. The van der Waals surface area contributed by atoms with Gasteiger partial charge in [0.2, 0.25) is 0 Å². The van der Waals surface area contributed by atoms with Crippen LogP contribution in [0, 0.1) is 0 Å². The molecule has 1 rings (SSSR count). The van der Waals surface area contributed by atoms with Gasteiger partial charge < -0.3 is 51.8 Å². The molecule has 0 saturated carbocycles.